The van der Waals surface area contributed by atoms with Gasteiger partial charge in [0.1, 0.15) is 5.65 Å². The average molecular weight is 485 g/mol. The zero-order chi connectivity index (χ0) is 21.1. The summed E-state index contributed by atoms with van der Waals surface area (Å²) in [7, 11) is -3.67. The molecule has 1 amide bonds. The molecule has 4 rings (SSSR count). The topological polar surface area (TPSA) is 92.6 Å². The molecule has 152 valence electrons. The molecule has 2 aromatic carbocycles. The number of carbonyl (C=O) groups excluding carboxylic acids is 1. The lowest BCUT2D eigenvalue weighted by Crippen LogP contribution is -2.23. The molecule has 0 aliphatic heterocycles. The van der Waals surface area contributed by atoms with E-state index in [1.165, 1.54) is 12.1 Å². The monoisotopic (exact) mass is 484 g/mol. The zero-order valence-electron chi connectivity index (χ0n) is 15.6. The van der Waals surface area contributed by atoms with Crippen LogP contribution in [-0.4, -0.2) is 23.7 Å². The Balaban J connectivity index is 1.40. The van der Waals surface area contributed by atoms with Gasteiger partial charge in [0.25, 0.3) is 15.9 Å². The third-order valence-corrected chi connectivity index (χ3v) is 6.21. The number of aromatic nitrogens is 2. The van der Waals surface area contributed by atoms with Crippen molar-refractivity contribution in [3.8, 4) is 0 Å². The number of hydrogen-bond acceptors (Lipinski definition) is 4. The molecular formula is C21H17BrN4O3S. The zero-order valence-corrected chi connectivity index (χ0v) is 18.0. The molecule has 30 heavy (non-hydrogen) atoms. The minimum atomic E-state index is -3.67. The normalized spacial score (nSPS) is 11.4. The highest BCUT2D eigenvalue weighted by atomic mass is 79.9. The van der Waals surface area contributed by atoms with Gasteiger partial charge in [0.2, 0.25) is 0 Å². The number of hydrogen-bond donors (Lipinski definition) is 2. The number of imidazole rings is 1. The Morgan fingerprint density at radius 1 is 0.967 bits per heavy atom. The lowest BCUT2D eigenvalue weighted by atomic mass is 10.2. The van der Waals surface area contributed by atoms with Crippen molar-refractivity contribution in [1.29, 1.82) is 0 Å². The summed E-state index contributed by atoms with van der Waals surface area (Å²) in [4.78, 5) is 17.0. The van der Waals surface area contributed by atoms with Crippen molar-refractivity contribution in [3.63, 3.8) is 0 Å². The summed E-state index contributed by atoms with van der Waals surface area (Å²) < 4.78 is 30.1. The number of amides is 1. The van der Waals surface area contributed by atoms with E-state index in [1.54, 1.807) is 42.5 Å². The van der Waals surface area contributed by atoms with Crippen LogP contribution in [0.15, 0.2) is 88.5 Å². The van der Waals surface area contributed by atoms with E-state index in [1.807, 2.05) is 28.9 Å². The Morgan fingerprint density at radius 2 is 1.70 bits per heavy atom. The van der Waals surface area contributed by atoms with E-state index < -0.39 is 10.0 Å². The second-order valence-electron chi connectivity index (χ2n) is 6.52. The lowest BCUT2D eigenvalue weighted by molar-refractivity contribution is 0.0950. The maximum absolute atomic E-state index is 12.4. The number of nitrogens with zero attached hydrogens (tertiary/aromatic N) is 2. The number of carbonyl (C=O) groups is 1. The first-order chi connectivity index (χ1) is 14.4. The van der Waals surface area contributed by atoms with E-state index in [4.69, 9.17) is 0 Å². The van der Waals surface area contributed by atoms with E-state index in [2.05, 4.69) is 31.0 Å². The largest absolute Gasteiger partial charge is 0.346 e. The number of fused-ring (bicyclic) bond motifs is 1. The quantitative estimate of drug-likeness (QED) is 0.434. The van der Waals surface area contributed by atoms with Gasteiger partial charge < -0.3 is 9.72 Å². The van der Waals surface area contributed by atoms with E-state index in [9.17, 15) is 13.2 Å². The first kappa shape index (κ1) is 20.1. The van der Waals surface area contributed by atoms with Crippen LogP contribution in [0.1, 0.15) is 16.1 Å². The molecule has 0 unspecified atom stereocenters. The van der Waals surface area contributed by atoms with Crippen LogP contribution >= 0.6 is 15.9 Å². The van der Waals surface area contributed by atoms with Crippen LogP contribution in [0.2, 0.25) is 0 Å². The minimum absolute atomic E-state index is 0.173. The number of halogens is 1. The summed E-state index contributed by atoms with van der Waals surface area (Å²) in [6.45, 7) is 0.278. The fourth-order valence-corrected chi connectivity index (χ4v) is 4.31. The van der Waals surface area contributed by atoms with E-state index in [0.29, 0.717) is 11.3 Å². The second-order valence-corrected chi connectivity index (χ2v) is 9.12. The number of anilines is 1. The molecule has 2 heterocycles. The van der Waals surface area contributed by atoms with Crippen LogP contribution in [-0.2, 0) is 16.6 Å². The smallest absolute Gasteiger partial charge is 0.261 e. The molecule has 0 saturated heterocycles. The summed E-state index contributed by atoms with van der Waals surface area (Å²) >= 11 is 3.41. The number of sulfonamides is 1. The van der Waals surface area contributed by atoms with Gasteiger partial charge in [0.15, 0.2) is 0 Å². The number of nitrogens with one attached hydrogen (secondary N) is 2. The van der Waals surface area contributed by atoms with Gasteiger partial charge in [0.05, 0.1) is 17.1 Å². The average Bonchev–Trinajstić information content (AvgIpc) is 3.15. The summed E-state index contributed by atoms with van der Waals surface area (Å²) in [5, 5.41) is 2.82. The standard InChI is InChI=1S/C21H17BrN4O3S/c22-16-8-11-20-24-18(14-26(20)13-16)12-23-21(27)15-6-9-17(10-7-15)25-30(28,29)19-4-2-1-3-5-19/h1-11,13-14,25H,12H2,(H,23,27). The van der Waals surface area contributed by atoms with Crippen molar-refractivity contribution in [3.05, 3.63) is 94.9 Å². The first-order valence-electron chi connectivity index (χ1n) is 9.00. The molecule has 7 nitrogen and oxygen atoms in total. The predicted molar refractivity (Wildman–Crippen MR) is 118 cm³/mol. The van der Waals surface area contributed by atoms with E-state index in [0.717, 1.165) is 15.8 Å². The van der Waals surface area contributed by atoms with Crippen molar-refractivity contribution >= 4 is 43.2 Å². The van der Waals surface area contributed by atoms with Crippen molar-refractivity contribution in [1.82, 2.24) is 14.7 Å². The third kappa shape index (κ3) is 4.52. The molecule has 0 aliphatic carbocycles. The molecule has 0 fully saturated rings. The molecule has 0 radical (unpaired) electrons. The second kappa shape index (κ2) is 8.29. The van der Waals surface area contributed by atoms with Crippen molar-refractivity contribution in [2.75, 3.05) is 4.72 Å². The van der Waals surface area contributed by atoms with Crippen LogP contribution < -0.4 is 10.0 Å². The van der Waals surface area contributed by atoms with Crippen LogP contribution in [0, 0.1) is 0 Å². The fraction of sp³-hybridized carbons (Fsp3) is 0.0476. The predicted octanol–water partition coefficient (Wildman–Crippen LogP) is 3.83. The highest BCUT2D eigenvalue weighted by molar-refractivity contribution is 9.10. The van der Waals surface area contributed by atoms with Gasteiger partial charge in [-0.25, -0.2) is 13.4 Å². The summed E-state index contributed by atoms with van der Waals surface area (Å²) in [6.07, 6.45) is 3.74. The summed E-state index contributed by atoms with van der Waals surface area (Å²) in [6, 6.07) is 18.1. The van der Waals surface area contributed by atoms with Gasteiger partial charge >= 0.3 is 0 Å². The molecule has 0 spiro atoms. The molecule has 0 aliphatic rings. The molecular weight excluding hydrogens is 468 g/mol. The van der Waals surface area contributed by atoms with Gasteiger partial charge in [-0.3, -0.25) is 9.52 Å². The van der Waals surface area contributed by atoms with Crippen LogP contribution in [0.25, 0.3) is 5.65 Å². The van der Waals surface area contributed by atoms with E-state index >= 15 is 0 Å². The maximum atomic E-state index is 12.4. The Hall–Kier alpha value is -3.17. The van der Waals surface area contributed by atoms with Gasteiger partial charge in [-0.2, -0.15) is 0 Å². The molecule has 9 heteroatoms. The molecule has 0 bridgehead atoms. The Bertz CT molecular complexity index is 1300. The Labute approximate surface area is 182 Å². The summed E-state index contributed by atoms with van der Waals surface area (Å²) in [5.41, 5.74) is 2.32. The van der Waals surface area contributed by atoms with Crippen molar-refractivity contribution < 1.29 is 13.2 Å². The third-order valence-electron chi connectivity index (χ3n) is 4.35. The highest BCUT2D eigenvalue weighted by Crippen LogP contribution is 2.17. The highest BCUT2D eigenvalue weighted by Gasteiger charge is 2.14. The first-order valence-corrected chi connectivity index (χ1v) is 11.3. The number of pyridine rings is 1. The van der Waals surface area contributed by atoms with E-state index in [-0.39, 0.29) is 17.3 Å². The molecule has 0 atom stereocenters. The molecule has 2 aromatic heterocycles. The minimum Gasteiger partial charge on any atom is -0.346 e. The van der Waals surface area contributed by atoms with Gasteiger partial charge in [-0.15, -0.1) is 0 Å². The Kier molecular flexibility index (Phi) is 5.56. The molecule has 2 N–H and O–H groups in total. The number of benzene rings is 2. The molecule has 0 saturated carbocycles. The van der Waals surface area contributed by atoms with Crippen molar-refractivity contribution in [2.45, 2.75) is 11.4 Å². The van der Waals surface area contributed by atoms with Crippen LogP contribution in [0.5, 0.6) is 0 Å². The SMILES string of the molecule is O=C(NCc1cn2cc(Br)ccc2n1)c1ccc(NS(=O)(=O)c2ccccc2)cc1. The maximum Gasteiger partial charge on any atom is 0.261 e. The summed E-state index contributed by atoms with van der Waals surface area (Å²) in [5.74, 6) is -0.272. The van der Waals surface area contributed by atoms with Crippen LogP contribution in [0.3, 0.4) is 0 Å². The van der Waals surface area contributed by atoms with Gasteiger partial charge in [0, 0.05) is 28.1 Å². The number of rotatable bonds is 6. The van der Waals surface area contributed by atoms with Gasteiger partial charge in [-0.1, -0.05) is 18.2 Å². The van der Waals surface area contributed by atoms with Crippen molar-refractivity contribution in [2.24, 2.45) is 0 Å². The lowest BCUT2D eigenvalue weighted by Gasteiger charge is -2.09. The fourth-order valence-electron chi connectivity index (χ4n) is 2.88. The Morgan fingerprint density at radius 3 is 2.43 bits per heavy atom. The van der Waals surface area contributed by atoms with Crippen LogP contribution in [0.4, 0.5) is 5.69 Å². The van der Waals surface area contributed by atoms with Gasteiger partial charge in [-0.05, 0) is 64.5 Å². The molecule has 4 aromatic rings.